The fraction of sp³-hybridized carbons (Fsp3) is 0.467. The van der Waals surface area contributed by atoms with Crippen molar-refractivity contribution in [3.8, 4) is 5.75 Å². The van der Waals surface area contributed by atoms with Crippen LogP contribution in [0, 0.1) is 0 Å². The fourth-order valence-electron chi connectivity index (χ4n) is 2.05. The maximum absolute atomic E-state index is 12.1. The minimum Gasteiger partial charge on any atom is -0.486 e. The van der Waals surface area contributed by atoms with Gasteiger partial charge in [-0.05, 0) is 31.5 Å². The van der Waals surface area contributed by atoms with E-state index in [0.717, 1.165) is 24.4 Å². The SMILES string of the molecule is CCC1CNc2cc(C(=O)CNC(C)C(=O)O)ccc2O1. The molecule has 0 bridgehead atoms. The lowest BCUT2D eigenvalue weighted by molar-refractivity contribution is -0.138. The van der Waals surface area contributed by atoms with Gasteiger partial charge >= 0.3 is 5.97 Å². The summed E-state index contributed by atoms with van der Waals surface area (Å²) in [5, 5.41) is 14.7. The van der Waals surface area contributed by atoms with Gasteiger partial charge in [0.05, 0.1) is 18.8 Å². The Hall–Kier alpha value is -2.08. The number of ether oxygens (including phenoxy) is 1. The third kappa shape index (κ3) is 3.72. The zero-order valence-corrected chi connectivity index (χ0v) is 12.2. The molecule has 0 saturated heterocycles. The lowest BCUT2D eigenvalue weighted by atomic mass is 10.1. The number of hydrogen-bond acceptors (Lipinski definition) is 5. The molecule has 114 valence electrons. The molecule has 0 amide bonds. The van der Waals surface area contributed by atoms with Crippen molar-refractivity contribution in [3.05, 3.63) is 23.8 Å². The van der Waals surface area contributed by atoms with E-state index in [0.29, 0.717) is 5.56 Å². The smallest absolute Gasteiger partial charge is 0.320 e. The molecule has 0 aliphatic carbocycles. The van der Waals surface area contributed by atoms with Crippen LogP contribution in [0.2, 0.25) is 0 Å². The molecule has 2 rings (SSSR count). The van der Waals surface area contributed by atoms with Gasteiger partial charge in [0.25, 0.3) is 0 Å². The average Bonchev–Trinajstić information content (AvgIpc) is 2.50. The van der Waals surface area contributed by atoms with E-state index in [9.17, 15) is 9.59 Å². The number of carboxylic acids is 1. The summed E-state index contributed by atoms with van der Waals surface area (Å²) in [6.45, 7) is 4.27. The van der Waals surface area contributed by atoms with Crippen molar-refractivity contribution in [1.82, 2.24) is 5.32 Å². The number of rotatable bonds is 6. The zero-order valence-electron chi connectivity index (χ0n) is 12.2. The van der Waals surface area contributed by atoms with Gasteiger partial charge in [-0.15, -0.1) is 0 Å². The number of nitrogens with one attached hydrogen (secondary N) is 2. The number of carbonyl (C=O) groups is 2. The van der Waals surface area contributed by atoms with Crippen LogP contribution in [0.1, 0.15) is 30.6 Å². The average molecular weight is 292 g/mol. The van der Waals surface area contributed by atoms with E-state index in [1.165, 1.54) is 6.92 Å². The maximum Gasteiger partial charge on any atom is 0.320 e. The third-order valence-electron chi connectivity index (χ3n) is 3.51. The third-order valence-corrected chi connectivity index (χ3v) is 3.51. The molecule has 6 nitrogen and oxygen atoms in total. The first-order valence-electron chi connectivity index (χ1n) is 7.05. The van der Waals surface area contributed by atoms with Crippen LogP contribution in [-0.4, -0.2) is 42.1 Å². The van der Waals surface area contributed by atoms with Gasteiger partial charge in [0.15, 0.2) is 5.78 Å². The van der Waals surface area contributed by atoms with Crippen molar-refractivity contribution in [2.75, 3.05) is 18.4 Å². The Labute approximate surface area is 123 Å². The Kier molecular flexibility index (Phi) is 4.80. The van der Waals surface area contributed by atoms with Gasteiger partial charge in [0.1, 0.15) is 17.9 Å². The lowest BCUT2D eigenvalue weighted by Crippen LogP contribution is -2.37. The largest absolute Gasteiger partial charge is 0.486 e. The number of Topliss-reactive ketones (excluding diaryl/α,β-unsaturated/α-hetero) is 1. The highest BCUT2D eigenvalue weighted by Crippen LogP contribution is 2.30. The second kappa shape index (κ2) is 6.58. The summed E-state index contributed by atoms with van der Waals surface area (Å²) < 4.78 is 5.78. The number of aliphatic carboxylic acids is 1. The van der Waals surface area contributed by atoms with E-state index in [1.54, 1.807) is 18.2 Å². The van der Waals surface area contributed by atoms with Crippen molar-refractivity contribution in [2.24, 2.45) is 0 Å². The molecule has 1 aliphatic heterocycles. The molecule has 1 aromatic rings. The van der Waals surface area contributed by atoms with Crippen LogP contribution in [0.15, 0.2) is 18.2 Å². The van der Waals surface area contributed by atoms with Gasteiger partial charge in [-0.2, -0.15) is 0 Å². The summed E-state index contributed by atoms with van der Waals surface area (Å²) in [5.74, 6) is -0.379. The van der Waals surface area contributed by atoms with Gasteiger partial charge in [0, 0.05) is 5.56 Å². The van der Waals surface area contributed by atoms with Crippen LogP contribution in [0.4, 0.5) is 5.69 Å². The van der Waals surface area contributed by atoms with Crippen LogP contribution in [-0.2, 0) is 4.79 Å². The van der Waals surface area contributed by atoms with Crippen LogP contribution in [0.5, 0.6) is 5.75 Å². The Morgan fingerprint density at radius 3 is 2.95 bits per heavy atom. The summed E-state index contributed by atoms with van der Waals surface area (Å²) in [6, 6.07) is 4.47. The fourth-order valence-corrected chi connectivity index (χ4v) is 2.05. The molecule has 1 heterocycles. The quantitative estimate of drug-likeness (QED) is 0.689. The van der Waals surface area contributed by atoms with Gasteiger partial charge in [-0.3, -0.25) is 14.9 Å². The molecule has 0 spiro atoms. The molecule has 1 aromatic carbocycles. The highest BCUT2D eigenvalue weighted by Gasteiger charge is 2.19. The second-order valence-corrected chi connectivity index (χ2v) is 5.10. The van der Waals surface area contributed by atoms with Crippen LogP contribution < -0.4 is 15.4 Å². The molecule has 0 fully saturated rings. The Balaban J connectivity index is 2.02. The number of carbonyl (C=O) groups excluding carboxylic acids is 1. The van der Waals surface area contributed by atoms with Crippen molar-refractivity contribution < 1.29 is 19.4 Å². The zero-order chi connectivity index (χ0) is 15.4. The molecule has 2 atom stereocenters. The molecule has 3 N–H and O–H groups in total. The number of benzene rings is 1. The van der Waals surface area contributed by atoms with Crippen LogP contribution in [0.3, 0.4) is 0 Å². The van der Waals surface area contributed by atoms with Crippen LogP contribution in [0.25, 0.3) is 0 Å². The van der Waals surface area contributed by atoms with E-state index in [-0.39, 0.29) is 18.4 Å². The first-order chi connectivity index (χ1) is 10.0. The number of carboxylic acid groups (broad SMARTS) is 1. The normalized spacial score (nSPS) is 18.1. The minimum atomic E-state index is -0.978. The second-order valence-electron chi connectivity index (χ2n) is 5.10. The lowest BCUT2D eigenvalue weighted by Gasteiger charge is -2.26. The minimum absolute atomic E-state index is 0.00923. The summed E-state index contributed by atoms with van der Waals surface area (Å²) in [7, 11) is 0. The van der Waals surface area contributed by atoms with Gasteiger partial charge in [-0.1, -0.05) is 6.92 Å². The van der Waals surface area contributed by atoms with Crippen LogP contribution >= 0.6 is 0 Å². The molecule has 0 saturated carbocycles. The maximum atomic E-state index is 12.1. The van der Waals surface area contributed by atoms with Gasteiger partial charge < -0.3 is 15.2 Å². The summed E-state index contributed by atoms with van der Waals surface area (Å²) in [5.41, 5.74) is 1.33. The molecule has 6 heteroatoms. The first-order valence-corrected chi connectivity index (χ1v) is 7.05. The van der Waals surface area contributed by atoms with E-state index >= 15 is 0 Å². The topological polar surface area (TPSA) is 87.7 Å². The van der Waals surface area contributed by atoms with E-state index in [4.69, 9.17) is 9.84 Å². The van der Waals surface area contributed by atoms with E-state index < -0.39 is 12.0 Å². The summed E-state index contributed by atoms with van der Waals surface area (Å²) in [4.78, 5) is 22.8. The van der Waals surface area contributed by atoms with Gasteiger partial charge in [0.2, 0.25) is 0 Å². The number of anilines is 1. The summed E-state index contributed by atoms with van der Waals surface area (Å²) in [6.07, 6.45) is 1.07. The predicted molar refractivity (Wildman–Crippen MR) is 79.1 cm³/mol. The van der Waals surface area contributed by atoms with Crippen molar-refractivity contribution in [3.63, 3.8) is 0 Å². The highest BCUT2D eigenvalue weighted by atomic mass is 16.5. The van der Waals surface area contributed by atoms with Crippen molar-refractivity contribution in [2.45, 2.75) is 32.4 Å². The highest BCUT2D eigenvalue weighted by molar-refractivity contribution is 5.99. The standard InChI is InChI=1S/C15H20N2O4/c1-3-11-7-17-12-6-10(4-5-14(12)21-11)13(18)8-16-9(2)15(19)20/h4-6,9,11,16-17H,3,7-8H2,1-2H3,(H,19,20). The molecule has 2 unspecified atom stereocenters. The molecule has 0 aromatic heterocycles. The Morgan fingerprint density at radius 1 is 1.52 bits per heavy atom. The predicted octanol–water partition coefficient (Wildman–Crippen LogP) is 1.51. The molecule has 0 radical (unpaired) electrons. The molecule has 21 heavy (non-hydrogen) atoms. The Bertz CT molecular complexity index is 544. The summed E-state index contributed by atoms with van der Waals surface area (Å²) >= 11 is 0. The number of hydrogen-bond donors (Lipinski definition) is 3. The number of fused-ring (bicyclic) bond motifs is 1. The molecular weight excluding hydrogens is 272 g/mol. The van der Waals surface area contributed by atoms with E-state index in [1.807, 2.05) is 0 Å². The van der Waals surface area contributed by atoms with Crippen molar-refractivity contribution >= 4 is 17.4 Å². The van der Waals surface area contributed by atoms with E-state index in [2.05, 4.69) is 17.6 Å². The van der Waals surface area contributed by atoms with Gasteiger partial charge in [-0.25, -0.2) is 0 Å². The first kappa shape index (κ1) is 15.3. The molecular formula is C15H20N2O4. The molecule has 1 aliphatic rings. The van der Waals surface area contributed by atoms with Crippen molar-refractivity contribution in [1.29, 1.82) is 0 Å². The number of ketones is 1. The Morgan fingerprint density at radius 2 is 2.29 bits per heavy atom. The monoisotopic (exact) mass is 292 g/mol.